The molecule has 0 saturated carbocycles. The molecule has 1 aromatic carbocycles. The van der Waals surface area contributed by atoms with Crippen molar-refractivity contribution in [3.8, 4) is 0 Å². The van der Waals surface area contributed by atoms with Gasteiger partial charge in [-0.05, 0) is 18.2 Å². The Hall–Kier alpha value is -1.30. The number of rotatable bonds is 6. The first-order valence-corrected chi connectivity index (χ1v) is 6.45. The second-order valence-corrected chi connectivity index (χ2v) is 4.96. The molecule has 0 aliphatic heterocycles. The molecule has 106 valence electrons. The number of amides is 1. The van der Waals surface area contributed by atoms with Crippen LogP contribution in [0.15, 0.2) is 18.2 Å². The average molecular weight is 287 g/mol. The predicted molar refractivity (Wildman–Crippen MR) is 76.5 cm³/mol. The number of nitrogens with one attached hydrogen (secondary N) is 2. The van der Waals surface area contributed by atoms with Gasteiger partial charge in [0.25, 0.3) is 0 Å². The Balaban J connectivity index is 2.74. The maximum Gasteiger partial charge on any atom is 0.226 e. The highest BCUT2D eigenvalue weighted by molar-refractivity contribution is 6.33. The molecule has 1 amide bonds. The van der Waals surface area contributed by atoms with Gasteiger partial charge in [-0.3, -0.25) is 4.79 Å². The number of benzene rings is 1. The van der Waals surface area contributed by atoms with Crippen molar-refractivity contribution in [1.82, 2.24) is 0 Å². The Morgan fingerprint density at radius 3 is 2.68 bits per heavy atom. The molecule has 0 heterocycles. The summed E-state index contributed by atoms with van der Waals surface area (Å²) in [5, 5.41) is 24.2. The summed E-state index contributed by atoms with van der Waals surface area (Å²) in [5.74, 6) is -0.188. The summed E-state index contributed by atoms with van der Waals surface area (Å²) in [7, 11) is 0. The summed E-state index contributed by atoms with van der Waals surface area (Å²) in [5.41, 5.74) is 1.22. The molecule has 0 radical (unpaired) electrons. The van der Waals surface area contributed by atoms with Crippen molar-refractivity contribution in [2.75, 3.05) is 23.8 Å². The fourth-order valence-corrected chi connectivity index (χ4v) is 1.50. The van der Waals surface area contributed by atoms with Gasteiger partial charge in [0.05, 0.1) is 23.4 Å². The van der Waals surface area contributed by atoms with Crippen LogP contribution in [0.4, 0.5) is 11.4 Å². The van der Waals surface area contributed by atoms with Crippen molar-refractivity contribution in [2.45, 2.75) is 20.0 Å². The van der Waals surface area contributed by atoms with Crippen molar-refractivity contribution >= 4 is 28.9 Å². The minimum atomic E-state index is -0.857. The van der Waals surface area contributed by atoms with Crippen LogP contribution in [0, 0.1) is 5.92 Å². The molecule has 0 aliphatic rings. The van der Waals surface area contributed by atoms with Gasteiger partial charge < -0.3 is 20.8 Å². The van der Waals surface area contributed by atoms with Gasteiger partial charge in [0.15, 0.2) is 0 Å². The fourth-order valence-electron chi connectivity index (χ4n) is 1.32. The fraction of sp³-hybridized carbons (Fsp3) is 0.462. The van der Waals surface area contributed by atoms with E-state index in [2.05, 4.69) is 10.6 Å². The van der Waals surface area contributed by atoms with Crippen molar-refractivity contribution in [3.05, 3.63) is 23.2 Å². The zero-order valence-corrected chi connectivity index (χ0v) is 11.7. The molecule has 1 unspecified atom stereocenters. The van der Waals surface area contributed by atoms with Gasteiger partial charge in [-0.25, -0.2) is 0 Å². The number of aliphatic hydroxyl groups excluding tert-OH is 2. The standard InChI is InChI=1S/C13H19ClN2O3/c1-8(2)13(19)16-9-3-4-11(14)12(5-9)15-6-10(18)7-17/h3-5,8,10,15,17-18H,6-7H2,1-2H3,(H,16,19). The lowest BCUT2D eigenvalue weighted by atomic mass is 10.2. The van der Waals surface area contributed by atoms with E-state index in [1.165, 1.54) is 0 Å². The highest BCUT2D eigenvalue weighted by Crippen LogP contribution is 2.25. The second kappa shape index (κ2) is 7.33. The van der Waals surface area contributed by atoms with E-state index in [9.17, 15) is 9.90 Å². The van der Waals surface area contributed by atoms with E-state index in [-0.39, 0.29) is 25.0 Å². The molecule has 4 N–H and O–H groups in total. The number of aliphatic hydroxyl groups is 2. The van der Waals surface area contributed by atoms with Crippen LogP contribution in [-0.2, 0) is 4.79 Å². The quantitative estimate of drug-likeness (QED) is 0.642. The van der Waals surface area contributed by atoms with Crippen LogP contribution in [0.25, 0.3) is 0 Å². The number of hydrogen-bond donors (Lipinski definition) is 4. The van der Waals surface area contributed by atoms with E-state index in [4.69, 9.17) is 16.7 Å². The number of anilines is 2. The van der Waals surface area contributed by atoms with Gasteiger partial charge in [0.2, 0.25) is 5.91 Å². The van der Waals surface area contributed by atoms with E-state index < -0.39 is 6.10 Å². The van der Waals surface area contributed by atoms with Gasteiger partial charge >= 0.3 is 0 Å². The Morgan fingerprint density at radius 1 is 1.42 bits per heavy atom. The molecule has 5 nitrogen and oxygen atoms in total. The summed E-state index contributed by atoms with van der Waals surface area (Å²) < 4.78 is 0. The topological polar surface area (TPSA) is 81.6 Å². The monoisotopic (exact) mass is 286 g/mol. The van der Waals surface area contributed by atoms with E-state index in [0.717, 1.165) is 0 Å². The molecule has 0 aromatic heterocycles. The number of carbonyl (C=O) groups is 1. The minimum Gasteiger partial charge on any atom is -0.394 e. The zero-order chi connectivity index (χ0) is 14.4. The third kappa shape index (κ3) is 5.06. The first kappa shape index (κ1) is 15.8. The van der Waals surface area contributed by atoms with Gasteiger partial charge in [-0.15, -0.1) is 0 Å². The SMILES string of the molecule is CC(C)C(=O)Nc1ccc(Cl)c(NCC(O)CO)c1. The van der Waals surface area contributed by atoms with Gasteiger partial charge in [0.1, 0.15) is 0 Å². The van der Waals surface area contributed by atoms with Crippen molar-refractivity contribution in [1.29, 1.82) is 0 Å². The van der Waals surface area contributed by atoms with Crippen molar-refractivity contribution in [3.63, 3.8) is 0 Å². The molecular formula is C13H19ClN2O3. The second-order valence-electron chi connectivity index (χ2n) is 4.56. The van der Waals surface area contributed by atoms with E-state index in [0.29, 0.717) is 16.4 Å². The third-order valence-electron chi connectivity index (χ3n) is 2.50. The number of halogens is 1. The van der Waals surface area contributed by atoms with Gasteiger partial charge in [0, 0.05) is 18.2 Å². The van der Waals surface area contributed by atoms with Crippen LogP contribution in [0.3, 0.4) is 0 Å². The first-order chi connectivity index (χ1) is 8.93. The zero-order valence-electron chi connectivity index (χ0n) is 11.0. The molecule has 1 aromatic rings. The summed E-state index contributed by atoms with van der Waals surface area (Å²) in [6.07, 6.45) is -0.857. The average Bonchev–Trinajstić information content (AvgIpc) is 2.38. The molecule has 1 rings (SSSR count). The van der Waals surface area contributed by atoms with E-state index in [1.54, 1.807) is 18.2 Å². The van der Waals surface area contributed by atoms with Crippen LogP contribution in [0.1, 0.15) is 13.8 Å². The molecule has 6 heteroatoms. The normalized spacial score (nSPS) is 12.3. The molecule has 0 aliphatic carbocycles. The predicted octanol–water partition coefficient (Wildman–Crippen LogP) is 1.70. The molecular weight excluding hydrogens is 268 g/mol. The van der Waals surface area contributed by atoms with Crippen LogP contribution < -0.4 is 10.6 Å². The number of carbonyl (C=O) groups excluding carboxylic acids is 1. The lowest BCUT2D eigenvalue weighted by Gasteiger charge is -2.14. The summed E-state index contributed by atoms with van der Waals surface area (Å²) >= 11 is 6.00. The Kier molecular flexibility index (Phi) is 6.08. The largest absolute Gasteiger partial charge is 0.394 e. The molecule has 0 saturated heterocycles. The van der Waals surface area contributed by atoms with Crippen LogP contribution >= 0.6 is 11.6 Å². The van der Waals surface area contributed by atoms with Crippen LogP contribution in [0.2, 0.25) is 5.02 Å². The maximum absolute atomic E-state index is 11.6. The minimum absolute atomic E-state index is 0.0799. The van der Waals surface area contributed by atoms with Crippen molar-refractivity contribution < 1.29 is 15.0 Å². The molecule has 1 atom stereocenters. The van der Waals surface area contributed by atoms with Crippen LogP contribution in [0.5, 0.6) is 0 Å². The Morgan fingerprint density at radius 2 is 2.11 bits per heavy atom. The first-order valence-electron chi connectivity index (χ1n) is 6.07. The highest BCUT2D eigenvalue weighted by atomic mass is 35.5. The molecule has 0 spiro atoms. The lowest BCUT2D eigenvalue weighted by molar-refractivity contribution is -0.118. The highest BCUT2D eigenvalue weighted by Gasteiger charge is 2.09. The molecule has 19 heavy (non-hydrogen) atoms. The summed E-state index contributed by atoms with van der Waals surface area (Å²) in [6.45, 7) is 3.47. The Bertz CT molecular complexity index is 438. The van der Waals surface area contributed by atoms with E-state index >= 15 is 0 Å². The van der Waals surface area contributed by atoms with E-state index in [1.807, 2.05) is 13.8 Å². The summed E-state index contributed by atoms with van der Waals surface area (Å²) in [4.78, 5) is 11.6. The molecule has 0 fully saturated rings. The smallest absolute Gasteiger partial charge is 0.226 e. The summed E-state index contributed by atoms with van der Waals surface area (Å²) in [6, 6.07) is 5.05. The lowest BCUT2D eigenvalue weighted by Crippen LogP contribution is -2.23. The van der Waals surface area contributed by atoms with Crippen molar-refractivity contribution in [2.24, 2.45) is 5.92 Å². The third-order valence-corrected chi connectivity index (χ3v) is 2.83. The maximum atomic E-state index is 11.6. The Labute approximate surface area is 117 Å². The van der Waals surface area contributed by atoms with Gasteiger partial charge in [-0.2, -0.15) is 0 Å². The van der Waals surface area contributed by atoms with Crippen LogP contribution in [-0.4, -0.2) is 35.4 Å². The van der Waals surface area contributed by atoms with Gasteiger partial charge in [-0.1, -0.05) is 25.4 Å². The number of hydrogen-bond acceptors (Lipinski definition) is 4. The molecule has 0 bridgehead atoms.